The van der Waals surface area contributed by atoms with E-state index < -0.39 is 0 Å². The van der Waals surface area contributed by atoms with Crippen LogP contribution in [0.4, 0.5) is 0 Å². The predicted octanol–water partition coefficient (Wildman–Crippen LogP) is 1.73. The molecule has 0 aromatic carbocycles. The van der Waals surface area contributed by atoms with Gasteiger partial charge in [0.2, 0.25) is 0 Å². The lowest BCUT2D eigenvalue weighted by atomic mass is 10.1. The highest BCUT2D eigenvalue weighted by Gasteiger charge is 2.19. The fourth-order valence-electron chi connectivity index (χ4n) is 2.05. The van der Waals surface area contributed by atoms with Crippen LogP contribution < -0.4 is 0 Å². The van der Waals surface area contributed by atoms with Crippen molar-refractivity contribution in [1.29, 1.82) is 0 Å². The molecule has 2 heterocycles. The lowest BCUT2D eigenvalue weighted by Crippen LogP contribution is -2.16. The lowest BCUT2D eigenvalue weighted by Gasteiger charge is -2.10. The van der Waals surface area contributed by atoms with E-state index in [0.29, 0.717) is 0 Å². The smallest absolute Gasteiger partial charge is 0.0949 e. The van der Waals surface area contributed by atoms with Gasteiger partial charge in [0.05, 0.1) is 12.0 Å². The van der Waals surface area contributed by atoms with Gasteiger partial charge in [-0.2, -0.15) is 0 Å². The molecule has 0 radical (unpaired) electrons. The Hall–Kier alpha value is -0.350. The highest BCUT2D eigenvalue weighted by Crippen LogP contribution is 2.16. The molecule has 3 nitrogen and oxygen atoms in total. The summed E-state index contributed by atoms with van der Waals surface area (Å²) in [6.45, 7) is 3.58. The van der Waals surface area contributed by atoms with Crippen molar-refractivity contribution in [2.24, 2.45) is 5.92 Å². The molecule has 0 aliphatic carbocycles. The SMILES string of the molecule is CN1CCC(Cn2cnc(CBr)c2)C1. The van der Waals surface area contributed by atoms with Gasteiger partial charge in [0.25, 0.3) is 0 Å². The summed E-state index contributed by atoms with van der Waals surface area (Å²) in [7, 11) is 2.19. The molecule has 0 N–H and O–H groups in total. The molecule has 1 aromatic rings. The third kappa shape index (κ3) is 2.36. The normalized spacial score (nSPS) is 23.1. The molecule has 14 heavy (non-hydrogen) atoms. The molecule has 1 aliphatic rings. The van der Waals surface area contributed by atoms with Crippen LogP contribution in [0.2, 0.25) is 0 Å². The Bertz CT molecular complexity index is 297. The van der Waals surface area contributed by atoms with Crippen LogP contribution in [-0.2, 0) is 11.9 Å². The van der Waals surface area contributed by atoms with Crippen LogP contribution in [0.25, 0.3) is 0 Å². The topological polar surface area (TPSA) is 21.1 Å². The summed E-state index contributed by atoms with van der Waals surface area (Å²) >= 11 is 3.41. The maximum Gasteiger partial charge on any atom is 0.0949 e. The van der Waals surface area contributed by atoms with Gasteiger partial charge < -0.3 is 9.47 Å². The Morgan fingerprint density at radius 1 is 1.64 bits per heavy atom. The number of likely N-dealkylation sites (tertiary alicyclic amines) is 1. The quantitative estimate of drug-likeness (QED) is 0.770. The summed E-state index contributed by atoms with van der Waals surface area (Å²) in [5.41, 5.74) is 1.12. The fraction of sp³-hybridized carbons (Fsp3) is 0.700. The molecule has 1 fully saturated rings. The molecular weight excluding hydrogens is 242 g/mol. The maximum absolute atomic E-state index is 4.30. The molecule has 1 saturated heterocycles. The molecular formula is C10H16BrN3. The molecule has 1 aliphatic heterocycles. The van der Waals surface area contributed by atoms with Crippen molar-refractivity contribution in [3.63, 3.8) is 0 Å². The number of nitrogens with zero attached hydrogens (tertiary/aromatic N) is 3. The van der Waals surface area contributed by atoms with Crippen LogP contribution in [0.3, 0.4) is 0 Å². The van der Waals surface area contributed by atoms with Gasteiger partial charge in [0, 0.05) is 24.6 Å². The number of alkyl halides is 1. The van der Waals surface area contributed by atoms with Crippen molar-refractivity contribution >= 4 is 15.9 Å². The third-order valence-electron chi connectivity index (χ3n) is 2.78. The van der Waals surface area contributed by atoms with E-state index in [4.69, 9.17) is 0 Å². The van der Waals surface area contributed by atoms with Crippen LogP contribution in [0.5, 0.6) is 0 Å². The molecule has 4 heteroatoms. The third-order valence-corrected chi connectivity index (χ3v) is 3.36. The number of aromatic nitrogens is 2. The van der Waals surface area contributed by atoms with Gasteiger partial charge in [-0.3, -0.25) is 0 Å². The number of rotatable bonds is 3. The molecule has 2 rings (SSSR count). The highest BCUT2D eigenvalue weighted by atomic mass is 79.9. The minimum Gasteiger partial charge on any atom is -0.337 e. The molecule has 78 valence electrons. The number of imidazole rings is 1. The van der Waals surface area contributed by atoms with Gasteiger partial charge in [-0.05, 0) is 25.9 Å². The van der Waals surface area contributed by atoms with Crippen molar-refractivity contribution in [1.82, 2.24) is 14.5 Å². The zero-order chi connectivity index (χ0) is 9.97. The highest BCUT2D eigenvalue weighted by molar-refractivity contribution is 9.08. The second-order valence-corrected chi connectivity index (χ2v) is 4.67. The van der Waals surface area contributed by atoms with E-state index in [1.165, 1.54) is 19.5 Å². The van der Waals surface area contributed by atoms with Crippen molar-refractivity contribution < 1.29 is 0 Å². The van der Waals surface area contributed by atoms with E-state index >= 15 is 0 Å². The van der Waals surface area contributed by atoms with Gasteiger partial charge >= 0.3 is 0 Å². The predicted molar refractivity (Wildman–Crippen MR) is 60.5 cm³/mol. The van der Waals surface area contributed by atoms with E-state index in [-0.39, 0.29) is 0 Å². The summed E-state index contributed by atoms with van der Waals surface area (Å²) < 4.78 is 2.21. The summed E-state index contributed by atoms with van der Waals surface area (Å²) in [5, 5.41) is 0.852. The first-order valence-electron chi connectivity index (χ1n) is 5.03. The number of halogens is 1. The molecule has 1 atom stereocenters. The van der Waals surface area contributed by atoms with E-state index in [2.05, 4.69) is 43.6 Å². The largest absolute Gasteiger partial charge is 0.337 e. The minimum atomic E-state index is 0.803. The Kier molecular flexibility index (Phi) is 3.23. The summed E-state index contributed by atoms with van der Waals surface area (Å²) in [6.07, 6.45) is 5.39. The monoisotopic (exact) mass is 257 g/mol. The summed E-state index contributed by atoms with van der Waals surface area (Å²) in [6, 6.07) is 0. The van der Waals surface area contributed by atoms with Gasteiger partial charge in [-0.1, -0.05) is 15.9 Å². The molecule has 0 bridgehead atoms. The van der Waals surface area contributed by atoms with Crippen LogP contribution >= 0.6 is 15.9 Å². The van der Waals surface area contributed by atoms with E-state index in [1.807, 2.05) is 6.33 Å². The zero-order valence-electron chi connectivity index (χ0n) is 8.49. The van der Waals surface area contributed by atoms with Gasteiger partial charge in [-0.25, -0.2) is 4.98 Å². The first kappa shape index (κ1) is 10.2. The van der Waals surface area contributed by atoms with E-state index in [1.54, 1.807) is 0 Å². The average molecular weight is 258 g/mol. The first-order chi connectivity index (χ1) is 6.78. The standard InChI is InChI=1S/C10H16BrN3/c1-13-3-2-9(5-13)6-14-7-10(4-11)12-8-14/h7-9H,2-6H2,1H3. The van der Waals surface area contributed by atoms with Gasteiger partial charge in [0.1, 0.15) is 0 Å². The molecule has 0 spiro atoms. The maximum atomic E-state index is 4.30. The van der Waals surface area contributed by atoms with Crippen LogP contribution in [0.15, 0.2) is 12.5 Å². The van der Waals surface area contributed by atoms with Crippen LogP contribution in [0, 0.1) is 5.92 Å². The Labute approximate surface area is 93.2 Å². The zero-order valence-corrected chi connectivity index (χ0v) is 10.1. The summed E-state index contributed by atoms with van der Waals surface area (Å²) in [5.74, 6) is 0.803. The van der Waals surface area contributed by atoms with Crippen molar-refractivity contribution in [2.75, 3.05) is 20.1 Å². The Morgan fingerprint density at radius 2 is 2.50 bits per heavy atom. The van der Waals surface area contributed by atoms with Gasteiger partial charge in [-0.15, -0.1) is 0 Å². The van der Waals surface area contributed by atoms with E-state index in [0.717, 1.165) is 23.5 Å². The molecule has 1 aromatic heterocycles. The van der Waals surface area contributed by atoms with Gasteiger partial charge in [0.15, 0.2) is 0 Å². The average Bonchev–Trinajstić information content (AvgIpc) is 2.76. The van der Waals surface area contributed by atoms with Crippen molar-refractivity contribution in [3.05, 3.63) is 18.2 Å². The Morgan fingerprint density at radius 3 is 3.07 bits per heavy atom. The summed E-state index contributed by atoms with van der Waals surface area (Å²) in [4.78, 5) is 6.69. The van der Waals surface area contributed by atoms with Crippen molar-refractivity contribution in [2.45, 2.75) is 18.3 Å². The second-order valence-electron chi connectivity index (χ2n) is 4.11. The second kappa shape index (κ2) is 4.45. The lowest BCUT2D eigenvalue weighted by molar-refractivity contribution is 0.378. The Balaban J connectivity index is 1.90. The van der Waals surface area contributed by atoms with Crippen LogP contribution in [0.1, 0.15) is 12.1 Å². The first-order valence-corrected chi connectivity index (χ1v) is 6.15. The van der Waals surface area contributed by atoms with E-state index in [9.17, 15) is 0 Å². The molecule has 1 unspecified atom stereocenters. The number of hydrogen-bond acceptors (Lipinski definition) is 2. The molecule has 0 saturated carbocycles. The van der Waals surface area contributed by atoms with Crippen molar-refractivity contribution in [3.8, 4) is 0 Å². The minimum absolute atomic E-state index is 0.803. The van der Waals surface area contributed by atoms with Crippen LogP contribution in [-0.4, -0.2) is 34.6 Å². The fourth-order valence-corrected chi connectivity index (χ4v) is 2.34. The molecule has 0 amide bonds. The number of hydrogen-bond donors (Lipinski definition) is 0.